The van der Waals surface area contributed by atoms with Gasteiger partial charge in [-0.2, -0.15) is 0 Å². The molecule has 7 fully saturated rings. The summed E-state index contributed by atoms with van der Waals surface area (Å²) in [6.45, 7) is 19.7. The maximum absolute atomic E-state index is 12.7. The molecule has 6 nitrogen and oxygen atoms in total. The highest BCUT2D eigenvalue weighted by Crippen LogP contribution is 2.89. The van der Waals surface area contributed by atoms with E-state index in [1.807, 2.05) is 18.7 Å². The minimum Gasteiger partial charge on any atom is -0.373 e. The zero-order chi connectivity index (χ0) is 29.8. The molecular weight excluding hydrogens is 524 g/mol. The Morgan fingerprint density at radius 1 is 1.02 bits per heavy atom. The number of nitrogens with one attached hydrogen (secondary N) is 1. The van der Waals surface area contributed by atoms with Gasteiger partial charge in [0.05, 0.1) is 31.5 Å². The second-order valence-electron chi connectivity index (χ2n) is 17.2. The minimum absolute atomic E-state index is 0.0168. The average molecular weight is 585 g/mol. The molecule has 1 amide bonds. The molecule has 7 aliphatic rings. The quantitative estimate of drug-likeness (QED) is 0.421. The van der Waals surface area contributed by atoms with Crippen molar-refractivity contribution in [1.82, 2.24) is 10.2 Å². The van der Waals surface area contributed by atoms with Crippen LogP contribution in [-0.2, 0) is 19.0 Å². The highest BCUT2D eigenvalue weighted by atomic mass is 16.7. The number of likely N-dealkylation sites (N-methyl/N-ethyl adjacent to an activating group) is 1. The van der Waals surface area contributed by atoms with Gasteiger partial charge in [0.1, 0.15) is 0 Å². The van der Waals surface area contributed by atoms with Crippen LogP contribution in [0.5, 0.6) is 0 Å². The summed E-state index contributed by atoms with van der Waals surface area (Å²) in [5, 5.41) is 3.39. The van der Waals surface area contributed by atoms with Crippen molar-refractivity contribution in [3.05, 3.63) is 0 Å². The SMILES string of the molecule is CNC[C@H]1CC(C)C2[C@@H](CC3[C@@H]4CCC5C(C)(C)[C@@H](OC6CN(C(=O)C(C)C)CCO6)CC[C@@]56C(C)[C@@]46CC[C@]23C)O1. The molecule has 238 valence electrons. The lowest BCUT2D eigenvalue weighted by Gasteiger charge is -2.60. The van der Waals surface area contributed by atoms with Crippen LogP contribution in [0.15, 0.2) is 0 Å². The van der Waals surface area contributed by atoms with Crippen molar-refractivity contribution in [2.24, 2.45) is 63.1 Å². The summed E-state index contributed by atoms with van der Waals surface area (Å²) in [4.78, 5) is 14.7. The summed E-state index contributed by atoms with van der Waals surface area (Å²) in [7, 11) is 2.07. The van der Waals surface area contributed by atoms with E-state index in [0.29, 0.717) is 54.1 Å². The fourth-order valence-electron chi connectivity index (χ4n) is 13.7. The molecule has 6 unspecified atom stereocenters. The number of morpholine rings is 1. The molecule has 0 bridgehead atoms. The fraction of sp³-hybridized carbons (Fsp3) is 0.972. The number of nitrogens with zero attached hydrogens (tertiary/aromatic N) is 1. The zero-order valence-electron chi connectivity index (χ0n) is 27.9. The maximum Gasteiger partial charge on any atom is 0.225 e. The van der Waals surface area contributed by atoms with Crippen molar-refractivity contribution in [2.45, 2.75) is 124 Å². The van der Waals surface area contributed by atoms with Crippen LogP contribution in [0.3, 0.4) is 0 Å². The summed E-state index contributed by atoms with van der Waals surface area (Å²) in [6, 6.07) is 0. The van der Waals surface area contributed by atoms with Crippen LogP contribution in [-0.4, -0.2) is 68.7 Å². The molecule has 2 aliphatic heterocycles. The van der Waals surface area contributed by atoms with Crippen molar-refractivity contribution in [2.75, 3.05) is 33.3 Å². The summed E-state index contributed by atoms with van der Waals surface area (Å²) in [5.74, 6) is 4.92. The number of fused-ring (bicyclic) bond motifs is 4. The van der Waals surface area contributed by atoms with Gasteiger partial charge in [-0.1, -0.05) is 48.5 Å². The van der Waals surface area contributed by atoms with Crippen LogP contribution in [0.2, 0.25) is 0 Å². The normalized spacial score (nSPS) is 52.5. The first-order chi connectivity index (χ1) is 19.9. The van der Waals surface area contributed by atoms with Crippen LogP contribution in [0, 0.1) is 63.1 Å². The van der Waals surface area contributed by atoms with E-state index in [0.717, 1.165) is 42.6 Å². The average Bonchev–Trinajstić information content (AvgIpc) is 3.31. The number of carbonyl (C=O) groups is 1. The molecule has 42 heavy (non-hydrogen) atoms. The van der Waals surface area contributed by atoms with Crippen LogP contribution in [0.1, 0.15) is 99.8 Å². The van der Waals surface area contributed by atoms with E-state index in [2.05, 4.69) is 47.0 Å². The van der Waals surface area contributed by atoms with Gasteiger partial charge in [-0.3, -0.25) is 4.79 Å². The number of rotatable bonds is 5. The zero-order valence-corrected chi connectivity index (χ0v) is 27.9. The third-order valence-electron chi connectivity index (χ3n) is 15.2. The maximum atomic E-state index is 12.7. The molecule has 7 rings (SSSR count). The molecule has 0 aromatic rings. The predicted octanol–water partition coefficient (Wildman–Crippen LogP) is 6.13. The van der Waals surface area contributed by atoms with Gasteiger partial charge in [-0.15, -0.1) is 0 Å². The van der Waals surface area contributed by atoms with Crippen molar-refractivity contribution in [3.8, 4) is 0 Å². The summed E-state index contributed by atoms with van der Waals surface area (Å²) >= 11 is 0. The number of hydrogen-bond donors (Lipinski definition) is 1. The Bertz CT molecular complexity index is 1060. The predicted molar refractivity (Wildman–Crippen MR) is 165 cm³/mol. The van der Waals surface area contributed by atoms with Crippen LogP contribution < -0.4 is 5.32 Å². The molecule has 13 atom stereocenters. The molecule has 1 N–H and O–H groups in total. The van der Waals surface area contributed by atoms with E-state index in [4.69, 9.17) is 14.2 Å². The van der Waals surface area contributed by atoms with Gasteiger partial charge in [-0.25, -0.2) is 0 Å². The van der Waals surface area contributed by atoms with Crippen molar-refractivity contribution >= 4 is 5.91 Å². The van der Waals surface area contributed by atoms with E-state index in [9.17, 15) is 4.79 Å². The molecule has 6 heteroatoms. The second-order valence-corrected chi connectivity index (χ2v) is 17.2. The van der Waals surface area contributed by atoms with Gasteiger partial charge in [0.2, 0.25) is 5.91 Å². The third-order valence-corrected chi connectivity index (χ3v) is 15.2. The number of hydrogen-bond acceptors (Lipinski definition) is 5. The Balaban J connectivity index is 1.09. The first-order valence-electron chi connectivity index (χ1n) is 17.8. The molecule has 5 saturated carbocycles. The topological polar surface area (TPSA) is 60.0 Å². The highest BCUT2D eigenvalue weighted by molar-refractivity contribution is 5.78. The molecular formula is C36H60N2O4. The molecule has 0 radical (unpaired) electrons. The van der Waals surface area contributed by atoms with Crippen molar-refractivity contribution in [3.63, 3.8) is 0 Å². The van der Waals surface area contributed by atoms with Gasteiger partial charge >= 0.3 is 0 Å². The number of amides is 1. The number of carbonyl (C=O) groups excluding carboxylic acids is 1. The van der Waals surface area contributed by atoms with E-state index < -0.39 is 0 Å². The molecule has 0 aromatic carbocycles. The molecule has 2 saturated heterocycles. The van der Waals surface area contributed by atoms with Gasteiger partial charge in [0.15, 0.2) is 6.29 Å². The lowest BCUT2D eigenvalue weighted by Crippen LogP contribution is -2.56. The Hall–Kier alpha value is -0.690. The smallest absolute Gasteiger partial charge is 0.225 e. The largest absolute Gasteiger partial charge is 0.373 e. The van der Waals surface area contributed by atoms with Gasteiger partial charge in [0, 0.05) is 19.0 Å². The fourth-order valence-corrected chi connectivity index (χ4v) is 13.7. The van der Waals surface area contributed by atoms with E-state index in [-0.39, 0.29) is 29.6 Å². The van der Waals surface area contributed by atoms with Gasteiger partial charge < -0.3 is 24.4 Å². The molecule has 2 heterocycles. The lowest BCUT2D eigenvalue weighted by atomic mass is 9.46. The van der Waals surface area contributed by atoms with Gasteiger partial charge in [-0.05, 0) is 116 Å². The first kappa shape index (κ1) is 30.0. The van der Waals surface area contributed by atoms with E-state index in [1.165, 1.54) is 44.9 Å². The van der Waals surface area contributed by atoms with Crippen LogP contribution in [0.4, 0.5) is 0 Å². The molecule has 2 spiro atoms. The summed E-state index contributed by atoms with van der Waals surface area (Å²) < 4.78 is 19.8. The van der Waals surface area contributed by atoms with Crippen molar-refractivity contribution < 1.29 is 19.0 Å². The highest BCUT2D eigenvalue weighted by Gasteiger charge is 2.84. The minimum atomic E-state index is -0.298. The first-order valence-corrected chi connectivity index (χ1v) is 17.8. The molecule has 5 aliphatic carbocycles. The van der Waals surface area contributed by atoms with Crippen molar-refractivity contribution in [1.29, 1.82) is 0 Å². The van der Waals surface area contributed by atoms with E-state index in [1.54, 1.807) is 0 Å². The standard InChI is InChI=1S/C36H60N2O4/c1-21(2)32(39)38-15-16-40-30(20-38)42-29-11-12-36-23(4)35(36)14-13-34(7)26(25(35)9-10-28(36)33(29,5)6)18-27-31(34)22(3)17-24(41-27)19-37-8/h21-31,37H,9-20H2,1-8H3/t22?,23?,24-,25+,26?,27-,28?,29+,30?,31?,34+,35+,36-/m1/s1. The van der Waals surface area contributed by atoms with Crippen LogP contribution in [0.25, 0.3) is 0 Å². The van der Waals surface area contributed by atoms with Crippen LogP contribution >= 0.6 is 0 Å². The molecule has 0 aromatic heterocycles. The summed E-state index contributed by atoms with van der Waals surface area (Å²) in [5.41, 5.74) is 1.54. The Morgan fingerprint density at radius 3 is 2.55 bits per heavy atom. The van der Waals surface area contributed by atoms with Gasteiger partial charge in [0.25, 0.3) is 0 Å². The summed E-state index contributed by atoms with van der Waals surface area (Å²) in [6.07, 6.45) is 11.2. The Labute approximate surface area is 255 Å². The Morgan fingerprint density at radius 2 is 1.81 bits per heavy atom. The lowest BCUT2D eigenvalue weighted by molar-refractivity contribution is -0.245. The third kappa shape index (κ3) is 3.92. The Kier molecular flexibility index (Phi) is 7.25. The number of ether oxygens (including phenoxy) is 3. The monoisotopic (exact) mass is 584 g/mol. The second kappa shape index (κ2) is 10.2. The van der Waals surface area contributed by atoms with E-state index >= 15 is 0 Å².